The van der Waals surface area contributed by atoms with E-state index in [4.69, 9.17) is 0 Å². The largest absolute Gasteiger partial charge is 0.337 e. The van der Waals surface area contributed by atoms with Gasteiger partial charge in [-0.15, -0.1) is 0 Å². The zero-order valence-corrected chi connectivity index (χ0v) is 18.7. The van der Waals surface area contributed by atoms with Gasteiger partial charge < -0.3 is 5.32 Å². The summed E-state index contributed by atoms with van der Waals surface area (Å²) in [6.45, 7) is 7.65. The second-order valence-corrected chi connectivity index (χ2v) is 9.44. The number of benzene rings is 3. The average molecular weight is 433 g/mol. The SMILES string of the molecule is Cc1cc(C)cc(Nc2nc3ccccc3nc2NS(=O)(=O)c2cc(C)ccc2C)c1. The monoisotopic (exact) mass is 432 g/mol. The maximum absolute atomic E-state index is 13.2. The number of aromatic nitrogens is 2. The van der Waals surface area contributed by atoms with E-state index in [0.717, 1.165) is 22.4 Å². The molecule has 0 aliphatic heterocycles. The molecule has 3 aromatic carbocycles. The minimum absolute atomic E-state index is 0.152. The standard InChI is InChI=1S/C24H24N4O2S/c1-15-9-10-18(4)22(14-15)31(29,30)28-24-23(25-19-12-16(2)11-17(3)13-19)26-20-7-5-6-8-21(20)27-24/h5-14H,1-4H3,(H,25,26)(H,27,28). The summed E-state index contributed by atoms with van der Waals surface area (Å²) in [4.78, 5) is 9.43. The molecule has 31 heavy (non-hydrogen) atoms. The second kappa shape index (κ2) is 8.00. The van der Waals surface area contributed by atoms with Crippen molar-refractivity contribution in [1.29, 1.82) is 0 Å². The third-order valence-corrected chi connectivity index (χ3v) is 6.40. The minimum atomic E-state index is -3.86. The lowest BCUT2D eigenvalue weighted by molar-refractivity contribution is 0.600. The summed E-state index contributed by atoms with van der Waals surface area (Å²) in [5.74, 6) is 0.497. The summed E-state index contributed by atoms with van der Waals surface area (Å²) >= 11 is 0. The molecule has 1 heterocycles. The van der Waals surface area contributed by atoms with Gasteiger partial charge in [-0.3, -0.25) is 4.72 Å². The summed E-state index contributed by atoms with van der Waals surface area (Å²) in [5, 5.41) is 3.25. The molecule has 0 unspecified atom stereocenters. The Labute approximate surface area is 182 Å². The quantitative estimate of drug-likeness (QED) is 0.441. The molecule has 4 rings (SSSR count). The molecule has 0 bridgehead atoms. The van der Waals surface area contributed by atoms with Crippen LogP contribution in [0.1, 0.15) is 22.3 Å². The first kappa shape index (κ1) is 20.8. The van der Waals surface area contributed by atoms with Crippen molar-refractivity contribution in [3.63, 3.8) is 0 Å². The van der Waals surface area contributed by atoms with Gasteiger partial charge >= 0.3 is 0 Å². The number of fused-ring (bicyclic) bond motifs is 1. The van der Waals surface area contributed by atoms with Gasteiger partial charge in [-0.25, -0.2) is 18.4 Å². The van der Waals surface area contributed by atoms with Crippen LogP contribution in [0.4, 0.5) is 17.3 Å². The van der Waals surface area contributed by atoms with E-state index >= 15 is 0 Å². The number of sulfonamides is 1. The van der Waals surface area contributed by atoms with E-state index < -0.39 is 10.0 Å². The summed E-state index contributed by atoms with van der Waals surface area (Å²) in [7, 11) is -3.86. The van der Waals surface area contributed by atoms with E-state index in [0.29, 0.717) is 22.4 Å². The van der Waals surface area contributed by atoms with Crippen LogP contribution in [0.2, 0.25) is 0 Å². The molecule has 0 atom stereocenters. The third-order valence-electron chi connectivity index (χ3n) is 4.92. The lowest BCUT2D eigenvalue weighted by atomic mass is 10.1. The van der Waals surface area contributed by atoms with E-state index in [-0.39, 0.29) is 10.7 Å². The van der Waals surface area contributed by atoms with Crippen LogP contribution in [-0.2, 0) is 10.0 Å². The fourth-order valence-electron chi connectivity index (χ4n) is 3.52. The van der Waals surface area contributed by atoms with E-state index in [9.17, 15) is 8.42 Å². The predicted molar refractivity (Wildman–Crippen MR) is 125 cm³/mol. The highest BCUT2D eigenvalue weighted by atomic mass is 32.2. The summed E-state index contributed by atoms with van der Waals surface area (Å²) in [5.41, 5.74) is 5.80. The zero-order valence-electron chi connectivity index (χ0n) is 17.9. The first-order valence-corrected chi connectivity index (χ1v) is 11.4. The normalized spacial score (nSPS) is 11.5. The average Bonchev–Trinajstić information content (AvgIpc) is 2.69. The number of aryl methyl sites for hydroxylation is 4. The predicted octanol–water partition coefficient (Wildman–Crippen LogP) is 5.41. The van der Waals surface area contributed by atoms with Crippen molar-refractivity contribution in [2.45, 2.75) is 32.6 Å². The molecule has 4 aromatic rings. The van der Waals surface area contributed by atoms with Crippen LogP contribution in [0, 0.1) is 27.7 Å². The van der Waals surface area contributed by atoms with Crippen LogP contribution in [0.5, 0.6) is 0 Å². The van der Waals surface area contributed by atoms with Crippen LogP contribution < -0.4 is 10.0 Å². The van der Waals surface area contributed by atoms with Crippen molar-refractivity contribution in [2.24, 2.45) is 0 Å². The molecule has 0 spiro atoms. The smallest absolute Gasteiger partial charge is 0.263 e. The molecule has 2 N–H and O–H groups in total. The molecule has 0 aliphatic carbocycles. The molecule has 0 aliphatic rings. The highest BCUT2D eigenvalue weighted by Gasteiger charge is 2.21. The summed E-state index contributed by atoms with van der Waals surface area (Å²) in [6, 6.07) is 18.7. The summed E-state index contributed by atoms with van der Waals surface area (Å²) < 4.78 is 29.1. The van der Waals surface area contributed by atoms with Crippen molar-refractivity contribution in [3.05, 3.63) is 82.9 Å². The van der Waals surface area contributed by atoms with Gasteiger partial charge in [0, 0.05) is 5.69 Å². The zero-order chi connectivity index (χ0) is 22.2. The van der Waals surface area contributed by atoms with Crippen molar-refractivity contribution >= 4 is 38.4 Å². The van der Waals surface area contributed by atoms with Crippen molar-refractivity contribution in [2.75, 3.05) is 10.0 Å². The van der Waals surface area contributed by atoms with Crippen molar-refractivity contribution < 1.29 is 8.42 Å². The third kappa shape index (κ3) is 4.51. The summed E-state index contributed by atoms with van der Waals surface area (Å²) in [6.07, 6.45) is 0. The van der Waals surface area contributed by atoms with Crippen LogP contribution in [0.3, 0.4) is 0 Å². The van der Waals surface area contributed by atoms with Gasteiger partial charge in [-0.2, -0.15) is 0 Å². The van der Waals surface area contributed by atoms with Gasteiger partial charge in [-0.05, 0) is 80.3 Å². The maximum Gasteiger partial charge on any atom is 0.263 e. The van der Waals surface area contributed by atoms with E-state index in [2.05, 4.69) is 26.1 Å². The Morgan fingerprint density at radius 1 is 0.710 bits per heavy atom. The molecule has 1 aromatic heterocycles. The van der Waals surface area contributed by atoms with Crippen LogP contribution >= 0.6 is 0 Å². The van der Waals surface area contributed by atoms with Crippen molar-refractivity contribution in [3.8, 4) is 0 Å². The number of nitrogens with zero attached hydrogens (tertiary/aromatic N) is 2. The van der Waals surface area contributed by atoms with Crippen LogP contribution in [0.25, 0.3) is 11.0 Å². The number of anilines is 3. The molecule has 0 amide bonds. The molecule has 0 fully saturated rings. The molecule has 158 valence electrons. The Hall–Kier alpha value is -3.45. The molecular formula is C24H24N4O2S. The van der Waals surface area contributed by atoms with Crippen LogP contribution in [0.15, 0.2) is 65.6 Å². The second-order valence-electron chi connectivity index (χ2n) is 7.79. The van der Waals surface area contributed by atoms with Gasteiger partial charge in [-0.1, -0.05) is 30.3 Å². The number of nitrogens with one attached hydrogen (secondary N) is 2. The van der Waals surface area contributed by atoms with Gasteiger partial charge in [0.05, 0.1) is 15.9 Å². The Kier molecular flexibility index (Phi) is 5.37. The Balaban J connectivity index is 1.82. The Morgan fingerprint density at radius 2 is 1.32 bits per heavy atom. The molecule has 0 saturated carbocycles. The highest BCUT2D eigenvalue weighted by molar-refractivity contribution is 7.92. The Bertz CT molecular complexity index is 1380. The fourth-order valence-corrected chi connectivity index (χ4v) is 4.86. The molecule has 7 heteroatoms. The molecule has 0 radical (unpaired) electrons. The topological polar surface area (TPSA) is 84.0 Å². The molecule has 6 nitrogen and oxygen atoms in total. The number of para-hydroxylation sites is 2. The van der Waals surface area contributed by atoms with Gasteiger partial charge in [0.1, 0.15) is 0 Å². The molecule has 0 saturated heterocycles. The highest BCUT2D eigenvalue weighted by Crippen LogP contribution is 2.28. The van der Waals surface area contributed by atoms with Gasteiger partial charge in [0.2, 0.25) is 0 Å². The van der Waals surface area contributed by atoms with Crippen LogP contribution in [-0.4, -0.2) is 18.4 Å². The van der Waals surface area contributed by atoms with Gasteiger partial charge in [0.15, 0.2) is 11.6 Å². The number of hydrogen-bond acceptors (Lipinski definition) is 5. The number of hydrogen-bond donors (Lipinski definition) is 2. The maximum atomic E-state index is 13.2. The Morgan fingerprint density at radius 3 is 1.97 bits per heavy atom. The van der Waals surface area contributed by atoms with E-state index in [1.165, 1.54) is 0 Å². The first-order valence-electron chi connectivity index (χ1n) is 9.93. The van der Waals surface area contributed by atoms with Gasteiger partial charge in [0.25, 0.3) is 10.0 Å². The lowest BCUT2D eigenvalue weighted by Gasteiger charge is -2.15. The molecular weight excluding hydrogens is 408 g/mol. The lowest BCUT2D eigenvalue weighted by Crippen LogP contribution is -2.17. The number of rotatable bonds is 5. The van der Waals surface area contributed by atoms with E-state index in [1.54, 1.807) is 25.1 Å². The minimum Gasteiger partial charge on any atom is -0.337 e. The first-order chi connectivity index (χ1) is 14.7. The fraction of sp³-hybridized carbons (Fsp3) is 0.167. The van der Waals surface area contributed by atoms with Crippen molar-refractivity contribution in [1.82, 2.24) is 9.97 Å². The van der Waals surface area contributed by atoms with E-state index in [1.807, 2.05) is 57.2 Å².